The largest absolute Gasteiger partial charge is 0.481 e. The Hall–Kier alpha value is -3.35. The van der Waals surface area contributed by atoms with Crippen LogP contribution >= 0.6 is 0 Å². The van der Waals surface area contributed by atoms with Gasteiger partial charge >= 0.3 is 12.1 Å². The third-order valence-corrected chi connectivity index (χ3v) is 7.36. The lowest BCUT2D eigenvalue weighted by Gasteiger charge is -2.26. The zero-order valence-corrected chi connectivity index (χ0v) is 18.4. The van der Waals surface area contributed by atoms with E-state index >= 15 is 0 Å². The number of amides is 2. The van der Waals surface area contributed by atoms with Gasteiger partial charge in [0.1, 0.15) is 12.6 Å². The molecule has 2 fully saturated rings. The van der Waals surface area contributed by atoms with Gasteiger partial charge in [-0.2, -0.15) is 0 Å². The number of aliphatic carboxylic acids is 1. The molecule has 2 aromatic carbocycles. The lowest BCUT2D eigenvalue weighted by atomic mass is 9.95. The Morgan fingerprint density at radius 1 is 1.03 bits per heavy atom. The second kappa shape index (κ2) is 8.54. The van der Waals surface area contributed by atoms with Crippen molar-refractivity contribution in [3.63, 3.8) is 0 Å². The van der Waals surface area contributed by atoms with E-state index < -0.39 is 30.4 Å². The number of alkyl carbamates (subject to hydrolysis) is 1. The smallest absolute Gasteiger partial charge is 0.407 e. The third kappa shape index (κ3) is 4.19. The van der Waals surface area contributed by atoms with E-state index in [1.165, 1.54) is 6.42 Å². The zero-order valence-electron chi connectivity index (χ0n) is 18.4. The molecule has 33 heavy (non-hydrogen) atoms. The summed E-state index contributed by atoms with van der Waals surface area (Å²) in [5, 5.41) is 14.8. The zero-order chi connectivity index (χ0) is 23.0. The molecule has 0 bridgehead atoms. The lowest BCUT2D eigenvalue weighted by molar-refractivity contribution is -0.140. The van der Waals surface area contributed by atoms with Gasteiger partial charge in [0.25, 0.3) is 0 Å². The molecule has 5 rings (SSSR count). The van der Waals surface area contributed by atoms with Crippen molar-refractivity contribution in [1.82, 2.24) is 10.6 Å². The van der Waals surface area contributed by atoms with Crippen molar-refractivity contribution in [3.8, 4) is 11.1 Å². The summed E-state index contributed by atoms with van der Waals surface area (Å²) in [7, 11) is 0. The summed E-state index contributed by atoms with van der Waals surface area (Å²) in [6.45, 7) is 0.104. The highest BCUT2D eigenvalue weighted by Gasteiger charge is 2.56. The fourth-order valence-electron chi connectivity index (χ4n) is 5.61. The van der Waals surface area contributed by atoms with Crippen LogP contribution in [-0.4, -0.2) is 41.3 Å². The number of rotatable bonds is 7. The molecule has 2 saturated carbocycles. The summed E-state index contributed by atoms with van der Waals surface area (Å²) in [5.74, 6) is -1.24. The molecule has 3 unspecified atom stereocenters. The van der Waals surface area contributed by atoms with Crippen molar-refractivity contribution in [2.24, 2.45) is 5.92 Å². The number of hydrogen-bond acceptors (Lipinski definition) is 4. The molecule has 7 heteroatoms. The van der Waals surface area contributed by atoms with Crippen LogP contribution in [0.5, 0.6) is 0 Å². The van der Waals surface area contributed by atoms with Crippen molar-refractivity contribution in [3.05, 3.63) is 59.7 Å². The highest BCUT2D eigenvalue weighted by molar-refractivity contribution is 5.90. The number of fused-ring (bicyclic) bond motifs is 4. The van der Waals surface area contributed by atoms with E-state index in [-0.39, 0.29) is 18.1 Å². The van der Waals surface area contributed by atoms with Crippen LogP contribution in [0.3, 0.4) is 0 Å². The van der Waals surface area contributed by atoms with Gasteiger partial charge in [0.15, 0.2) is 0 Å². The van der Waals surface area contributed by atoms with E-state index in [0.29, 0.717) is 5.92 Å². The molecule has 172 valence electrons. The van der Waals surface area contributed by atoms with Crippen LogP contribution in [0.4, 0.5) is 4.79 Å². The fraction of sp³-hybridized carbons (Fsp3) is 0.423. The van der Waals surface area contributed by atoms with E-state index in [2.05, 4.69) is 22.8 Å². The first-order valence-electron chi connectivity index (χ1n) is 11.6. The minimum Gasteiger partial charge on any atom is -0.481 e. The predicted molar refractivity (Wildman–Crippen MR) is 122 cm³/mol. The van der Waals surface area contributed by atoms with Gasteiger partial charge < -0.3 is 20.5 Å². The van der Waals surface area contributed by atoms with E-state index in [9.17, 15) is 19.5 Å². The van der Waals surface area contributed by atoms with Gasteiger partial charge in [-0.25, -0.2) is 4.79 Å². The highest BCUT2D eigenvalue weighted by Crippen LogP contribution is 2.53. The molecule has 3 aliphatic rings. The third-order valence-electron chi connectivity index (χ3n) is 7.36. The van der Waals surface area contributed by atoms with Crippen LogP contribution in [0.1, 0.15) is 55.6 Å². The number of benzene rings is 2. The Kier molecular flexibility index (Phi) is 5.56. The molecule has 3 atom stereocenters. The van der Waals surface area contributed by atoms with Crippen molar-refractivity contribution in [1.29, 1.82) is 0 Å². The molecule has 0 spiro atoms. The van der Waals surface area contributed by atoms with Gasteiger partial charge in [-0.1, -0.05) is 61.4 Å². The predicted octanol–water partition coefficient (Wildman–Crippen LogP) is 3.82. The normalized spacial score (nSPS) is 23.5. The Balaban J connectivity index is 1.23. The van der Waals surface area contributed by atoms with Crippen LogP contribution in [0.25, 0.3) is 11.1 Å². The Morgan fingerprint density at radius 2 is 1.70 bits per heavy atom. The molecule has 0 radical (unpaired) electrons. The van der Waals surface area contributed by atoms with Crippen LogP contribution < -0.4 is 10.6 Å². The van der Waals surface area contributed by atoms with Crippen LogP contribution in [0, 0.1) is 5.92 Å². The van der Waals surface area contributed by atoms with Crippen LogP contribution in [0.2, 0.25) is 0 Å². The summed E-state index contributed by atoms with van der Waals surface area (Å²) >= 11 is 0. The van der Waals surface area contributed by atoms with Gasteiger partial charge in [-0.05, 0) is 47.4 Å². The Bertz CT molecular complexity index is 1050. The van der Waals surface area contributed by atoms with Crippen molar-refractivity contribution >= 4 is 18.0 Å². The van der Waals surface area contributed by atoms with Crippen molar-refractivity contribution in [2.75, 3.05) is 6.61 Å². The molecular formula is C26H28N2O5. The lowest BCUT2D eigenvalue weighted by Crippen LogP contribution is -2.52. The molecular weight excluding hydrogens is 420 g/mol. The van der Waals surface area contributed by atoms with Crippen LogP contribution in [0.15, 0.2) is 48.5 Å². The first-order valence-corrected chi connectivity index (χ1v) is 11.6. The Morgan fingerprint density at radius 3 is 2.33 bits per heavy atom. The van der Waals surface area contributed by atoms with Crippen molar-refractivity contribution < 1.29 is 24.2 Å². The van der Waals surface area contributed by atoms with E-state index in [4.69, 9.17) is 4.74 Å². The molecule has 7 nitrogen and oxygen atoms in total. The maximum absolute atomic E-state index is 12.9. The first-order chi connectivity index (χ1) is 16.0. The summed E-state index contributed by atoms with van der Waals surface area (Å²) in [5.41, 5.74) is 4.20. The molecule has 3 N–H and O–H groups in total. The number of ether oxygens (including phenoxy) is 1. The summed E-state index contributed by atoms with van der Waals surface area (Å²) < 4.78 is 5.50. The maximum atomic E-state index is 12.9. The van der Waals surface area contributed by atoms with Crippen molar-refractivity contribution in [2.45, 2.75) is 56.0 Å². The SMILES string of the molecule is O=C(O)CC(NC(=O)OCC1c2ccccc2-c2ccccc21)C(=O)NC12CCCCC1C2. The van der Waals surface area contributed by atoms with E-state index in [0.717, 1.165) is 47.9 Å². The first kappa shape index (κ1) is 21.5. The Labute approximate surface area is 192 Å². The monoisotopic (exact) mass is 448 g/mol. The quantitative estimate of drug-likeness (QED) is 0.597. The maximum Gasteiger partial charge on any atom is 0.407 e. The highest BCUT2D eigenvalue weighted by atomic mass is 16.5. The van der Waals surface area contributed by atoms with E-state index in [1.54, 1.807) is 0 Å². The average Bonchev–Trinajstić information content (AvgIpc) is 3.44. The molecule has 2 amide bonds. The number of carboxylic acid groups (broad SMARTS) is 1. The number of carbonyl (C=O) groups is 3. The summed E-state index contributed by atoms with van der Waals surface area (Å²) in [4.78, 5) is 36.8. The second-order valence-corrected chi connectivity index (χ2v) is 9.41. The second-order valence-electron chi connectivity index (χ2n) is 9.41. The number of hydrogen-bond donors (Lipinski definition) is 3. The number of nitrogens with one attached hydrogen (secondary N) is 2. The number of carboxylic acids is 1. The molecule has 0 aliphatic heterocycles. The van der Waals surface area contributed by atoms with Gasteiger partial charge in [0, 0.05) is 11.5 Å². The standard InChI is InChI=1S/C26H28N2O5/c29-23(30)13-22(24(31)28-26-12-6-5-7-16(26)14-26)27-25(32)33-15-21-19-10-3-1-8-17(19)18-9-2-4-11-20(18)21/h1-4,8-11,16,21-22H,5-7,12-15H2,(H,27,32)(H,28,31)(H,29,30). The summed E-state index contributed by atoms with van der Waals surface area (Å²) in [6, 6.07) is 14.9. The minimum atomic E-state index is -1.17. The average molecular weight is 449 g/mol. The van der Waals surface area contributed by atoms with Gasteiger partial charge in [0.2, 0.25) is 5.91 Å². The van der Waals surface area contributed by atoms with E-state index in [1.807, 2.05) is 36.4 Å². The molecule has 2 aromatic rings. The minimum absolute atomic E-state index is 0.104. The van der Waals surface area contributed by atoms with Gasteiger partial charge in [-0.3, -0.25) is 9.59 Å². The van der Waals surface area contributed by atoms with Gasteiger partial charge in [-0.15, -0.1) is 0 Å². The molecule has 3 aliphatic carbocycles. The fourth-order valence-corrected chi connectivity index (χ4v) is 5.61. The molecule has 0 heterocycles. The van der Waals surface area contributed by atoms with Gasteiger partial charge in [0.05, 0.1) is 6.42 Å². The topological polar surface area (TPSA) is 105 Å². The molecule has 0 aromatic heterocycles. The van der Waals surface area contributed by atoms with Crippen LogP contribution in [-0.2, 0) is 14.3 Å². The number of carbonyl (C=O) groups excluding carboxylic acids is 2. The molecule has 0 saturated heterocycles. The summed E-state index contributed by atoms with van der Waals surface area (Å²) in [6.07, 6.45) is 3.88.